The molecule has 4 aromatic rings. The number of esters is 1. The molecule has 1 atom stereocenters. The molecule has 2 aliphatic heterocycles. The van der Waals surface area contributed by atoms with Gasteiger partial charge < -0.3 is 18.6 Å². The van der Waals surface area contributed by atoms with E-state index in [1.165, 1.54) is 15.9 Å². The highest BCUT2D eigenvalue weighted by atomic mass is 79.9. The molecule has 198 valence electrons. The number of nitrogens with zero attached hydrogens (tertiary/aromatic N) is 2. The lowest BCUT2D eigenvalue weighted by molar-refractivity contribution is -0.139. The van der Waals surface area contributed by atoms with Crippen LogP contribution >= 0.6 is 27.3 Å². The summed E-state index contributed by atoms with van der Waals surface area (Å²) >= 11 is 4.84. The molecule has 10 heteroatoms. The number of fused-ring (bicyclic) bond motifs is 2. The summed E-state index contributed by atoms with van der Waals surface area (Å²) in [5.41, 5.74) is 3.25. The standard InChI is InChI=1S/C29H23BrN2O6S/c1-4-35-28(34)25-16(3)31-29-32(26(25)17-6-9-22-23(12-17)37-14-36-22)27(33)24(39-29)13-18-7-10-21(38-18)19-8-5-15(2)11-20(19)30/h5-13,26H,4,14H2,1-3H3/b24-13-/t26-/m0/s1. The molecule has 0 saturated heterocycles. The number of hydrogen-bond donors (Lipinski definition) is 0. The van der Waals surface area contributed by atoms with E-state index in [9.17, 15) is 9.59 Å². The third-order valence-electron chi connectivity index (χ3n) is 6.52. The zero-order valence-electron chi connectivity index (χ0n) is 21.3. The van der Waals surface area contributed by atoms with Crippen molar-refractivity contribution in [2.75, 3.05) is 13.4 Å². The number of carbonyl (C=O) groups is 1. The van der Waals surface area contributed by atoms with E-state index in [0.29, 0.717) is 49.2 Å². The van der Waals surface area contributed by atoms with Gasteiger partial charge in [-0.2, -0.15) is 0 Å². The van der Waals surface area contributed by atoms with Crippen molar-refractivity contribution >= 4 is 39.3 Å². The first-order valence-corrected chi connectivity index (χ1v) is 13.9. The van der Waals surface area contributed by atoms with Gasteiger partial charge in [0.1, 0.15) is 11.5 Å². The maximum atomic E-state index is 13.8. The Labute approximate surface area is 235 Å². The normalized spacial score (nSPS) is 16.3. The number of halogens is 1. The molecular weight excluding hydrogens is 584 g/mol. The van der Waals surface area contributed by atoms with Gasteiger partial charge in [-0.25, -0.2) is 9.79 Å². The van der Waals surface area contributed by atoms with Crippen molar-refractivity contribution < 1.29 is 23.4 Å². The second-order valence-electron chi connectivity index (χ2n) is 9.10. The predicted molar refractivity (Wildman–Crippen MR) is 150 cm³/mol. The van der Waals surface area contributed by atoms with E-state index in [1.54, 1.807) is 32.1 Å². The van der Waals surface area contributed by atoms with Crippen LogP contribution in [0, 0.1) is 6.92 Å². The van der Waals surface area contributed by atoms with E-state index in [4.69, 9.17) is 18.6 Å². The highest BCUT2D eigenvalue weighted by Crippen LogP contribution is 2.38. The molecule has 0 bridgehead atoms. The summed E-state index contributed by atoms with van der Waals surface area (Å²) in [6.45, 7) is 5.83. The number of allylic oxidation sites excluding steroid dienone is 1. The third kappa shape index (κ3) is 4.53. The SMILES string of the molecule is CCOC(=O)C1=C(C)N=c2s/c(=C\c3ccc(-c4ccc(C)cc4Br)o3)c(=O)n2[C@H]1c1ccc2c(c1)OCO2. The monoisotopic (exact) mass is 606 g/mol. The van der Waals surface area contributed by atoms with E-state index >= 15 is 0 Å². The van der Waals surface area contributed by atoms with Gasteiger partial charge in [0.25, 0.3) is 5.56 Å². The predicted octanol–water partition coefficient (Wildman–Crippen LogP) is 4.86. The number of ether oxygens (including phenoxy) is 3. The van der Waals surface area contributed by atoms with Crippen LogP contribution in [0.3, 0.4) is 0 Å². The van der Waals surface area contributed by atoms with Crippen LogP contribution in [-0.4, -0.2) is 23.9 Å². The van der Waals surface area contributed by atoms with E-state index in [0.717, 1.165) is 15.6 Å². The third-order valence-corrected chi connectivity index (χ3v) is 8.16. The first-order valence-electron chi connectivity index (χ1n) is 12.3. The molecule has 2 aromatic carbocycles. The minimum Gasteiger partial charge on any atom is -0.463 e. The lowest BCUT2D eigenvalue weighted by Crippen LogP contribution is -2.39. The molecule has 0 spiro atoms. The molecule has 8 nitrogen and oxygen atoms in total. The maximum absolute atomic E-state index is 13.8. The smallest absolute Gasteiger partial charge is 0.338 e. The molecule has 0 amide bonds. The lowest BCUT2D eigenvalue weighted by Gasteiger charge is -2.24. The summed E-state index contributed by atoms with van der Waals surface area (Å²) in [6, 6.07) is 14.4. The van der Waals surface area contributed by atoms with Gasteiger partial charge >= 0.3 is 5.97 Å². The fraction of sp³-hybridized carbons (Fsp3) is 0.207. The number of carbonyl (C=O) groups excluding carboxylic acids is 1. The van der Waals surface area contributed by atoms with E-state index in [-0.39, 0.29) is 19.0 Å². The van der Waals surface area contributed by atoms with Gasteiger partial charge in [-0.15, -0.1) is 0 Å². The maximum Gasteiger partial charge on any atom is 0.338 e. The zero-order chi connectivity index (χ0) is 27.3. The van der Waals surface area contributed by atoms with Crippen molar-refractivity contribution in [2.45, 2.75) is 26.8 Å². The molecule has 4 heterocycles. The summed E-state index contributed by atoms with van der Waals surface area (Å²) in [6.07, 6.45) is 1.70. The fourth-order valence-corrected chi connectivity index (χ4v) is 6.43. The molecule has 0 aliphatic carbocycles. The van der Waals surface area contributed by atoms with Crippen LogP contribution < -0.4 is 24.4 Å². The molecule has 2 aliphatic rings. The van der Waals surface area contributed by atoms with Gasteiger partial charge in [-0.3, -0.25) is 9.36 Å². The Bertz CT molecular complexity index is 1850. The van der Waals surface area contributed by atoms with Crippen molar-refractivity contribution in [3.63, 3.8) is 0 Å². The number of aryl methyl sites for hydroxylation is 1. The molecule has 0 unspecified atom stereocenters. The van der Waals surface area contributed by atoms with Gasteiger partial charge in [0.05, 0.1) is 28.5 Å². The first kappa shape index (κ1) is 25.4. The van der Waals surface area contributed by atoms with Gasteiger partial charge in [-0.05, 0) is 68.3 Å². The second kappa shape index (κ2) is 10.0. The number of benzene rings is 2. The van der Waals surface area contributed by atoms with Crippen LogP contribution in [0.2, 0.25) is 0 Å². The molecular formula is C29H23BrN2O6S. The highest BCUT2D eigenvalue weighted by molar-refractivity contribution is 9.10. The van der Waals surface area contributed by atoms with Crippen LogP contribution in [0.1, 0.15) is 36.8 Å². The number of aromatic nitrogens is 1. The first-order chi connectivity index (χ1) is 18.8. The Morgan fingerprint density at radius 1 is 1.15 bits per heavy atom. The summed E-state index contributed by atoms with van der Waals surface area (Å²) in [5, 5.41) is 0. The molecule has 0 fully saturated rings. The molecule has 0 radical (unpaired) electrons. The van der Waals surface area contributed by atoms with Crippen LogP contribution in [-0.2, 0) is 9.53 Å². The van der Waals surface area contributed by atoms with Gasteiger partial charge in [-0.1, -0.05) is 39.4 Å². The Kier molecular flexibility index (Phi) is 6.52. The lowest BCUT2D eigenvalue weighted by atomic mass is 9.95. The van der Waals surface area contributed by atoms with Crippen molar-refractivity contribution in [2.24, 2.45) is 4.99 Å². The molecule has 0 saturated carbocycles. The van der Waals surface area contributed by atoms with Crippen LogP contribution in [0.15, 0.2) is 78.5 Å². The van der Waals surface area contributed by atoms with E-state index in [2.05, 4.69) is 20.9 Å². The average Bonchev–Trinajstić information content (AvgIpc) is 3.63. The van der Waals surface area contributed by atoms with Gasteiger partial charge in [0.2, 0.25) is 6.79 Å². The molecule has 39 heavy (non-hydrogen) atoms. The Balaban J connectivity index is 1.48. The summed E-state index contributed by atoms with van der Waals surface area (Å²) in [7, 11) is 0. The number of furan rings is 1. The van der Waals surface area contributed by atoms with Crippen molar-refractivity contribution in [3.8, 4) is 22.8 Å². The minimum absolute atomic E-state index is 0.117. The molecule has 2 aromatic heterocycles. The quantitative estimate of drug-likeness (QED) is 0.301. The Hall–Kier alpha value is -3.89. The van der Waals surface area contributed by atoms with Gasteiger partial charge in [0, 0.05) is 16.1 Å². The number of hydrogen-bond acceptors (Lipinski definition) is 8. The average molecular weight is 607 g/mol. The summed E-state index contributed by atoms with van der Waals surface area (Å²) in [4.78, 5) is 32.0. The van der Waals surface area contributed by atoms with Crippen LogP contribution in [0.4, 0.5) is 0 Å². The van der Waals surface area contributed by atoms with Crippen LogP contribution in [0.25, 0.3) is 17.4 Å². The molecule has 6 rings (SSSR count). The van der Waals surface area contributed by atoms with Crippen molar-refractivity contribution in [1.82, 2.24) is 4.57 Å². The van der Waals surface area contributed by atoms with Gasteiger partial charge in [0.15, 0.2) is 16.3 Å². The van der Waals surface area contributed by atoms with E-state index < -0.39 is 12.0 Å². The Morgan fingerprint density at radius 2 is 1.97 bits per heavy atom. The summed E-state index contributed by atoms with van der Waals surface area (Å²) in [5.74, 6) is 1.86. The second-order valence-corrected chi connectivity index (χ2v) is 11.0. The van der Waals surface area contributed by atoms with E-state index in [1.807, 2.05) is 43.3 Å². The summed E-state index contributed by atoms with van der Waals surface area (Å²) < 4.78 is 25.4. The minimum atomic E-state index is -0.743. The fourth-order valence-electron chi connectivity index (χ4n) is 4.71. The van der Waals surface area contributed by atoms with Crippen molar-refractivity contribution in [1.29, 1.82) is 0 Å². The number of thiazole rings is 1. The zero-order valence-corrected chi connectivity index (χ0v) is 23.7. The van der Waals surface area contributed by atoms with Crippen LogP contribution in [0.5, 0.6) is 11.5 Å². The molecule has 0 N–H and O–H groups in total. The topological polar surface area (TPSA) is 92.3 Å². The Morgan fingerprint density at radius 3 is 2.77 bits per heavy atom. The highest BCUT2D eigenvalue weighted by Gasteiger charge is 2.34. The largest absolute Gasteiger partial charge is 0.463 e. The van der Waals surface area contributed by atoms with Crippen molar-refractivity contribution in [3.05, 3.63) is 101 Å². The number of rotatable bonds is 5.